The Balaban J connectivity index is 2.94. The second kappa shape index (κ2) is 6.57. The van der Waals surface area contributed by atoms with Crippen LogP contribution in [0.1, 0.15) is 29.8 Å². The lowest BCUT2D eigenvalue weighted by molar-refractivity contribution is -0.144. The van der Waals surface area contributed by atoms with E-state index in [0.717, 1.165) is 0 Å². The zero-order chi connectivity index (χ0) is 14.6. The van der Waals surface area contributed by atoms with Crippen molar-refractivity contribution in [2.75, 3.05) is 7.11 Å². The standard InChI is InChI=1S/C14H18ClNO3/c1-8(2)12(14(18)19-4)16-13(17)10-6-5-7-11(15)9(10)3/h5-8,12H,1-4H3,(H,16,17). The van der Waals surface area contributed by atoms with Crippen LogP contribution in [0.25, 0.3) is 0 Å². The normalized spacial score (nSPS) is 12.1. The molecule has 1 atom stereocenters. The van der Waals surface area contributed by atoms with Crippen molar-refractivity contribution in [2.24, 2.45) is 5.92 Å². The molecular weight excluding hydrogens is 266 g/mol. The fourth-order valence-electron chi connectivity index (χ4n) is 1.70. The van der Waals surface area contributed by atoms with Gasteiger partial charge in [-0.25, -0.2) is 4.79 Å². The number of amides is 1. The zero-order valence-electron chi connectivity index (χ0n) is 11.5. The zero-order valence-corrected chi connectivity index (χ0v) is 12.2. The van der Waals surface area contributed by atoms with Gasteiger partial charge in [0.15, 0.2) is 0 Å². The van der Waals surface area contributed by atoms with Gasteiger partial charge in [0.05, 0.1) is 7.11 Å². The fourth-order valence-corrected chi connectivity index (χ4v) is 1.87. The summed E-state index contributed by atoms with van der Waals surface area (Å²) in [5.41, 5.74) is 1.15. The lowest BCUT2D eigenvalue weighted by Gasteiger charge is -2.20. The molecule has 0 saturated heterocycles. The summed E-state index contributed by atoms with van der Waals surface area (Å²) in [7, 11) is 1.30. The van der Waals surface area contributed by atoms with E-state index in [2.05, 4.69) is 10.1 Å². The molecule has 1 amide bonds. The first-order chi connectivity index (χ1) is 8.88. The minimum Gasteiger partial charge on any atom is -0.467 e. The highest BCUT2D eigenvalue weighted by Gasteiger charge is 2.25. The SMILES string of the molecule is COC(=O)C(NC(=O)c1cccc(Cl)c1C)C(C)C. The van der Waals surface area contributed by atoms with E-state index >= 15 is 0 Å². The number of ether oxygens (including phenoxy) is 1. The summed E-state index contributed by atoms with van der Waals surface area (Å²) in [6.45, 7) is 5.44. The second-order valence-corrected chi connectivity index (χ2v) is 5.04. The van der Waals surface area contributed by atoms with Crippen LogP contribution in [0.2, 0.25) is 5.02 Å². The third kappa shape index (κ3) is 3.70. The van der Waals surface area contributed by atoms with Crippen molar-refractivity contribution in [3.63, 3.8) is 0 Å². The topological polar surface area (TPSA) is 55.4 Å². The van der Waals surface area contributed by atoms with Crippen molar-refractivity contribution >= 4 is 23.5 Å². The van der Waals surface area contributed by atoms with Crippen molar-refractivity contribution in [1.82, 2.24) is 5.32 Å². The van der Waals surface area contributed by atoms with Gasteiger partial charge in [0.1, 0.15) is 6.04 Å². The van der Waals surface area contributed by atoms with Gasteiger partial charge in [-0.3, -0.25) is 4.79 Å². The molecule has 1 aromatic carbocycles. The molecule has 0 saturated carbocycles. The van der Waals surface area contributed by atoms with E-state index in [0.29, 0.717) is 16.1 Å². The summed E-state index contributed by atoms with van der Waals surface area (Å²) in [4.78, 5) is 23.8. The molecule has 1 unspecified atom stereocenters. The smallest absolute Gasteiger partial charge is 0.328 e. The van der Waals surface area contributed by atoms with Crippen LogP contribution in [0, 0.1) is 12.8 Å². The number of rotatable bonds is 4. The van der Waals surface area contributed by atoms with Crippen LogP contribution in [0.5, 0.6) is 0 Å². The third-order valence-electron chi connectivity index (χ3n) is 2.92. The Morgan fingerprint density at radius 3 is 2.47 bits per heavy atom. The van der Waals surface area contributed by atoms with Crippen molar-refractivity contribution in [3.8, 4) is 0 Å². The fraction of sp³-hybridized carbons (Fsp3) is 0.429. The van der Waals surface area contributed by atoms with E-state index in [4.69, 9.17) is 11.6 Å². The number of hydrogen-bond donors (Lipinski definition) is 1. The third-order valence-corrected chi connectivity index (χ3v) is 3.33. The first-order valence-electron chi connectivity index (χ1n) is 6.02. The van der Waals surface area contributed by atoms with Crippen LogP contribution in [0.3, 0.4) is 0 Å². The largest absolute Gasteiger partial charge is 0.467 e. The lowest BCUT2D eigenvalue weighted by atomic mass is 10.0. The highest BCUT2D eigenvalue weighted by atomic mass is 35.5. The maximum Gasteiger partial charge on any atom is 0.328 e. The van der Waals surface area contributed by atoms with E-state index in [1.54, 1.807) is 25.1 Å². The number of benzene rings is 1. The maximum absolute atomic E-state index is 12.2. The number of halogens is 1. The van der Waals surface area contributed by atoms with Crippen LogP contribution < -0.4 is 5.32 Å². The predicted molar refractivity (Wildman–Crippen MR) is 74.3 cm³/mol. The Kier molecular flexibility index (Phi) is 5.36. The Labute approximate surface area is 118 Å². The van der Waals surface area contributed by atoms with Crippen LogP contribution >= 0.6 is 11.6 Å². The molecule has 0 aliphatic heterocycles. The van der Waals surface area contributed by atoms with Crippen LogP contribution in [-0.4, -0.2) is 25.0 Å². The molecule has 1 N–H and O–H groups in total. The van der Waals surface area contributed by atoms with Gasteiger partial charge in [-0.15, -0.1) is 0 Å². The summed E-state index contributed by atoms with van der Waals surface area (Å²) in [5, 5.41) is 3.20. The van der Waals surface area contributed by atoms with E-state index < -0.39 is 12.0 Å². The quantitative estimate of drug-likeness (QED) is 0.864. The van der Waals surface area contributed by atoms with E-state index in [9.17, 15) is 9.59 Å². The molecule has 0 aliphatic carbocycles. The van der Waals surface area contributed by atoms with E-state index in [-0.39, 0.29) is 11.8 Å². The van der Waals surface area contributed by atoms with Gasteiger partial charge >= 0.3 is 5.97 Å². The van der Waals surface area contributed by atoms with Crippen LogP contribution in [-0.2, 0) is 9.53 Å². The highest BCUT2D eigenvalue weighted by Crippen LogP contribution is 2.19. The van der Waals surface area contributed by atoms with Crippen molar-refractivity contribution in [1.29, 1.82) is 0 Å². The monoisotopic (exact) mass is 283 g/mol. The average Bonchev–Trinajstić information content (AvgIpc) is 2.37. The summed E-state index contributed by atoms with van der Waals surface area (Å²) in [6, 6.07) is 4.42. The first kappa shape index (κ1) is 15.5. The molecule has 0 bridgehead atoms. The lowest BCUT2D eigenvalue weighted by Crippen LogP contribution is -2.45. The second-order valence-electron chi connectivity index (χ2n) is 4.63. The van der Waals surface area contributed by atoms with Gasteiger partial charge < -0.3 is 10.1 Å². The molecule has 0 aromatic heterocycles. The Bertz CT molecular complexity index is 486. The van der Waals surface area contributed by atoms with Gasteiger partial charge in [0.2, 0.25) is 0 Å². The minimum atomic E-state index is -0.670. The molecule has 1 aromatic rings. The van der Waals surface area contributed by atoms with Gasteiger partial charge in [-0.1, -0.05) is 31.5 Å². The van der Waals surface area contributed by atoms with Gasteiger partial charge in [0.25, 0.3) is 5.91 Å². The van der Waals surface area contributed by atoms with Crippen LogP contribution in [0.15, 0.2) is 18.2 Å². The Morgan fingerprint density at radius 2 is 1.95 bits per heavy atom. The molecule has 0 aliphatic rings. The molecule has 1 rings (SSSR count). The van der Waals surface area contributed by atoms with Crippen molar-refractivity contribution in [2.45, 2.75) is 26.8 Å². The van der Waals surface area contributed by atoms with E-state index in [1.807, 2.05) is 13.8 Å². The van der Waals surface area contributed by atoms with Crippen molar-refractivity contribution in [3.05, 3.63) is 34.3 Å². The molecule has 0 heterocycles. The molecule has 104 valence electrons. The Hall–Kier alpha value is -1.55. The molecule has 0 spiro atoms. The van der Waals surface area contributed by atoms with Crippen molar-refractivity contribution < 1.29 is 14.3 Å². The summed E-state index contributed by atoms with van der Waals surface area (Å²) in [6.07, 6.45) is 0. The average molecular weight is 284 g/mol. The number of nitrogens with one attached hydrogen (secondary N) is 1. The summed E-state index contributed by atoms with van der Waals surface area (Å²) < 4.78 is 4.68. The highest BCUT2D eigenvalue weighted by molar-refractivity contribution is 6.31. The minimum absolute atomic E-state index is 0.0594. The molecule has 5 heteroatoms. The number of carbonyl (C=O) groups excluding carboxylic acids is 2. The first-order valence-corrected chi connectivity index (χ1v) is 6.40. The van der Waals surface area contributed by atoms with Gasteiger partial charge in [0, 0.05) is 10.6 Å². The maximum atomic E-state index is 12.2. The number of hydrogen-bond acceptors (Lipinski definition) is 3. The van der Waals surface area contributed by atoms with Gasteiger partial charge in [-0.05, 0) is 30.5 Å². The summed E-state index contributed by atoms with van der Waals surface area (Å²) >= 11 is 5.98. The molecular formula is C14H18ClNO3. The number of carbonyl (C=O) groups is 2. The van der Waals surface area contributed by atoms with Crippen LogP contribution in [0.4, 0.5) is 0 Å². The number of methoxy groups -OCH3 is 1. The molecule has 0 radical (unpaired) electrons. The predicted octanol–water partition coefficient (Wildman–Crippen LogP) is 2.58. The molecule has 4 nitrogen and oxygen atoms in total. The van der Waals surface area contributed by atoms with E-state index in [1.165, 1.54) is 7.11 Å². The van der Waals surface area contributed by atoms with Gasteiger partial charge in [-0.2, -0.15) is 0 Å². The number of esters is 1. The molecule has 19 heavy (non-hydrogen) atoms. The summed E-state index contributed by atoms with van der Waals surface area (Å²) in [5.74, 6) is -0.844. The molecule has 0 fully saturated rings. The Morgan fingerprint density at radius 1 is 1.32 bits per heavy atom.